The molecule has 0 saturated carbocycles. The fourth-order valence-electron chi connectivity index (χ4n) is 2.57. The van der Waals surface area contributed by atoms with Gasteiger partial charge in [-0.2, -0.15) is 0 Å². The molecule has 140 valence electrons. The second-order valence-corrected chi connectivity index (χ2v) is 7.12. The number of rotatable bonds is 7. The van der Waals surface area contributed by atoms with E-state index in [1.807, 2.05) is 44.2 Å². The Morgan fingerprint density at radius 2 is 2.04 bits per heavy atom. The minimum atomic E-state index is -0.415. The number of hydrogen-bond acceptors (Lipinski definition) is 5. The van der Waals surface area contributed by atoms with Crippen LogP contribution in [0.2, 0.25) is 0 Å². The summed E-state index contributed by atoms with van der Waals surface area (Å²) in [5.41, 5.74) is 0.405. The molecule has 0 bridgehead atoms. The number of amides is 1. The Hall–Kier alpha value is -2.86. The van der Waals surface area contributed by atoms with E-state index in [0.29, 0.717) is 22.9 Å². The summed E-state index contributed by atoms with van der Waals surface area (Å²) in [4.78, 5) is 24.9. The van der Waals surface area contributed by atoms with E-state index in [2.05, 4.69) is 5.32 Å². The fraction of sp³-hybridized carbons (Fsp3) is 0.238. The molecule has 0 saturated heterocycles. The van der Waals surface area contributed by atoms with E-state index in [-0.39, 0.29) is 5.91 Å². The molecule has 5 nitrogen and oxygen atoms in total. The zero-order chi connectivity index (χ0) is 19.2. The van der Waals surface area contributed by atoms with Gasteiger partial charge in [0.05, 0.1) is 6.61 Å². The molecule has 2 heterocycles. The van der Waals surface area contributed by atoms with Crippen molar-refractivity contribution in [2.24, 2.45) is 0 Å². The van der Waals surface area contributed by atoms with Gasteiger partial charge < -0.3 is 14.5 Å². The number of ether oxygens (including phenoxy) is 1. The standard InChI is InChI=1S/C21H21NO4S/c1-3-4-13-25-21(24)19-16-7-5-6-8-17(16)27-20(19)22-18(23)12-11-15-10-9-14(2)26-15/h5-12H,3-4,13H2,1-2H3,(H,22,23)/b12-11+. The summed E-state index contributed by atoms with van der Waals surface area (Å²) in [6, 6.07) is 11.2. The van der Waals surface area contributed by atoms with Crippen molar-refractivity contribution >= 4 is 44.4 Å². The summed E-state index contributed by atoms with van der Waals surface area (Å²) in [6.45, 7) is 4.24. The highest BCUT2D eigenvalue weighted by Crippen LogP contribution is 2.36. The number of nitrogens with one attached hydrogen (secondary N) is 1. The molecule has 0 fully saturated rings. The maximum Gasteiger partial charge on any atom is 0.341 e. The van der Waals surface area contributed by atoms with Crippen LogP contribution in [-0.4, -0.2) is 18.5 Å². The maximum atomic E-state index is 12.6. The van der Waals surface area contributed by atoms with E-state index in [0.717, 1.165) is 28.7 Å². The number of carbonyl (C=O) groups excluding carboxylic acids is 2. The van der Waals surface area contributed by atoms with E-state index >= 15 is 0 Å². The molecule has 1 N–H and O–H groups in total. The van der Waals surface area contributed by atoms with Crippen LogP contribution in [0.3, 0.4) is 0 Å². The molecule has 0 unspecified atom stereocenters. The summed E-state index contributed by atoms with van der Waals surface area (Å²) < 4.78 is 11.7. The summed E-state index contributed by atoms with van der Waals surface area (Å²) in [5, 5.41) is 4.07. The van der Waals surface area contributed by atoms with E-state index < -0.39 is 5.97 Å². The second kappa shape index (κ2) is 8.68. The van der Waals surface area contributed by atoms with Crippen molar-refractivity contribution in [3.05, 3.63) is 59.6 Å². The van der Waals surface area contributed by atoms with Gasteiger partial charge in [-0.3, -0.25) is 4.79 Å². The molecular weight excluding hydrogens is 362 g/mol. The molecular formula is C21H21NO4S. The van der Waals surface area contributed by atoms with Crippen molar-refractivity contribution in [3.63, 3.8) is 0 Å². The van der Waals surface area contributed by atoms with Crippen LogP contribution >= 0.6 is 11.3 Å². The number of fused-ring (bicyclic) bond motifs is 1. The zero-order valence-electron chi connectivity index (χ0n) is 15.3. The molecule has 0 aliphatic heterocycles. The lowest BCUT2D eigenvalue weighted by atomic mass is 10.1. The number of carbonyl (C=O) groups is 2. The number of esters is 1. The highest BCUT2D eigenvalue weighted by molar-refractivity contribution is 7.23. The zero-order valence-corrected chi connectivity index (χ0v) is 16.1. The predicted octanol–water partition coefficient (Wildman–Crippen LogP) is 5.41. The van der Waals surface area contributed by atoms with Crippen LogP contribution < -0.4 is 5.32 Å². The first-order valence-electron chi connectivity index (χ1n) is 8.82. The molecule has 1 amide bonds. The second-order valence-electron chi connectivity index (χ2n) is 6.06. The van der Waals surface area contributed by atoms with E-state index in [1.54, 1.807) is 12.1 Å². The van der Waals surface area contributed by atoms with Gasteiger partial charge in [0.25, 0.3) is 0 Å². The van der Waals surface area contributed by atoms with Gasteiger partial charge in [0, 0.05) is 16.2 Å². The number of unbranched alkanes of at least 4 members (excludes halogenated alkanes) is 1. The number of furan rings is 1. The molecule has 0 aliphatic carbocycles. The van der Waals surface area contributed by atoms with E-state index in [9.17, 15) is 9.59 Å². The fourth-order valence-corrected chi connectivity index (χ4v) is 3.67. The Morgan fingerprint density at radius 3 is 2.78 bits per heavy atom. The smallest absolute Gasteiger partial charge is 0.341 e. The Bertz CT molecular complexity index is 983. The van der Waals surface area contributed by atoms with Crippen molar-refractivity contribution in [2.75, 3.05) is 11.9 Å². The molecule has 3 aromatic rings. The lowest BCUT2D eigenvalue weighted by Crippen LogP contribution is -2.12. The van der Waals surface area contributed by atoms with Gasteiger partial charge in [0.2, 0.25) is 5.91 Å². The number of benzene rings is 1. The van der Waals surface area contributed by atoms with Gasteiger partial charge in [-0.25, -0.2) is 4.79 Å². The van der Waals surface area contributed by atoms with Gasteiger partial charge in [-0.15, -0.1) is 11.3 Å². The Balaban J connectivity index is 1.82. The highest BCUT2D eigenvalue weighted by atomic mass is 32.1. The molecule has 1 aromatic carbocycles. The molecule has 6 heteroatoms. The van der Waals surface area contributed by atoms with Gasteiger partial charge in [0.1, 0.15) is 22.1 Å². The average molecular weight is 383 g/mol. The average Bonchev–Trinajstić information content (AvgIpc) is 3.23. The van der Waals surface area contributed by atoms with Crippen LogP contribution in [0.5, 0.6) is 0 Å². The summed E-state index contributed by atoms with van der Waals surface area (Å²) in [5.74, 6) is 0.620. The van der Waals surface area contributed by atoms with Crippen LogP contribution in [0.15, 0.2) is 46.9 Å². The normalized spacial score (nSPS) is 11.2. The maximum absolute atomic E-state index is 12.6. The Kier molecular flexibility index (Phi) is 6.08. The van der Waals surface area contributed by atoms with Crippen LogP contribution in [0.1, 0.15) is 41.6 Å². The first-order chi connectivity index (χ1) is 13.1. The minimum absolute atomic E-state index is 0.335. The lowest BCUT2D eigenvalue weighted by Gasteiger charge is -2.06. The summed E-state index contributed by atoms with van der Waals surface area (Å²) >= 11 is 1.36. The lowest BCUT2D eigenvalue weighted by molar-refractivity contribution is -0.111. The number of anilines is 1. The monoisotopic (exact) mass is 383 g/mol. The Morgan fingerprint density at radius 1 is 1.22 bits per heavy atom. The predicted molar refractivity (Wildman–Crippen MR) is 108 cm³/mol. The van der Waals surface area contributed by atoms with Gasteiger partial charge >= 0.3 is 5.97 Å². The van der Waals surface area contributed by atoms with Gasteiger partial charge in [-0.05, 0) is 37.6 Å². The van der Waals surface area contributed by atoms with Crippen LogP contribution in [0, 0.1) is 6.92 Å². The molecule has 0 aliphatic rings. The van der Waals surface area contributed by atoms with E-state index in [1.165, 1.54) is 17.4 Å². The molecule has 3 rings (SSSR count). The van der Waals surface area contributed by atoms with Crippen molar-refractivity contribution in [1.29, 1.82) is 0 Å². The van der Waals surface area contributed by atoms with Crippen molar-refractivity contribution in [3.8, 4) is 0 Å². The number of aryl methyl sites for hydroxylation is 1. The first kappa shape index (κ1) is 18.9. The minimum Gasteiger partial charge on any atom is -0.462 e. The van der Waals surface area contributed by atoms with E-state index in [4.69, 9.17) is 9.15 Å². The van der Waals surface area contributed by atoms with Crippen molar-refractivity contribution in [2.45, 2.75) is 26.7 Å². The molecule has 0 atom stereocenters. The Labute approximate surface area is 161 Å². The quantitative estimate of drug-likeness (QED) is 0.336. The summed E-state index contributed by atoms with van der Waals surface area (Å²) in [7, 11) is 0. The highest BCUT2D eigenvalue weighted by Gasteiger charge is 2.21. The third kappa shape index (κ3) is 4.65. The first-order valence-corrected chi connectivity index (χ1v) is 9.64. The number of hydrogen-bond donors (Lipinski definition) is 1. The number of thiophene rings is 1. The molecule has 0 spiro atoms. The third-order valence-corrected chi connectivity index (χ3v) is 5.01. The van der Waals surface area contributed by atoms with Crippen LogP contribution in [0.4, 0.5) is 5.00 Å². The summed E-state index contributed by atoms with van der Waals surface area (Å²) in [6.07, 6.45) is 4.73. The molecule has 27 heavy (non-hydrogen) atoms. The van der Waals surface area contributed by atoms with Gasteiger partial charge in [-0.1, -0.05) is 31.5 Å². The molecule has 2 aromatic heterocycles. The van der Waals surface area contributed by atoms with Crippen LogP contribution in [-0.2, 0) is 9.53 Å². The van der Waals surface area contributed by atoms with Crippen LogP contribution in [0.25, 0.3) is 16.2 Å². The molecule has 0 radical (unpaired) electrons. The SMILES string of the molecule is CCCCOC(=O)c1c(NC(=O)/C=C/c2ccc(C)o2)sc2ccccc12. The van der Waals surface area contributed by atoms with Crippen molar-refractivity contribution in [1.82, 2.24) is 0 Å². The third-order valence-electron chi connectivity index (χ3n) is 3.93. The topological polar surface area (TPSA) is 68.5 Å². The van der Waals surface area contributed by atoms with Crippen molar-refractivity contribution < 1.29 is 18.7 Å². The largest absolute Gasteiger partial charge is 0.462 e. The van der Waals surface area contributed by atoms with Gasteiger partial charge in [0.15, 0.2) is 0 Å².